The Morgan fingerprint density at radius 1 is 1.14 bits per heavy atom. The molecule has 2 spiro atoms. The van der Waals surface area contributed by atoms with Gasteiger partial charge in [-0.1, -0.05) is 39.8 Å². The molecule has 8 heteroatoms. The van der Waals surface area contributed by atoms with Crippen LogP contribution in [0, 0.1) is 45.8 Å². The minimum atomic E-state index is -0.804. The summed E-state index contributed by atoms with van der Waals surface area (Å²) in [6, 6.07) is -0.259. The van der Waals surface area contributed by atoms with Gasteiger partial charge < -0.3 is 24.8 Å². The van der Waals surface area contributed by atoms with Gasteiger partial charge in [-0.15, -0.1) is 0 Å². The number of rotatable bonds is 5. The van der Waals surface area contributed by atoms with Crippen LogP contribution in [0.2, 0.25) is 0 Å². The number of likely N-dealkylation sites (N-methyl/N-ethyl adjacent to an activating group) is 1. The normalized spacial score (nSPS) is 60.1. The summed E-state index contributed by atoms with van der Waals surface area (Å²) in [6.45, 7) is 12.0. The molecule has 9 rings (SSSR count). The Morgan fingerprint density at radius 2 is 1.84 bits per heavy atom. The van der Waals surface area contributed by atoms with Gasteiger partial charge in [0.05, 0.1) is 30.4 Å². The van der Waals surface area contributed by atoms with Crippen molar-refractivity contribution in [2.24, 2.45) is 45.8 Å². The Bertz CT molecular complexity index is 1110. The molecule has 0 amide bonds. The van der Waals surface area contributed by atoms with Crippen LogP contribution in [0.1, 0.15) is 59.8 Å². The lowest BCUT2D eigenvalue weighted by atomic mass is 9.38. The van der Waals surface area contributed by atoms with E-state index < -0.39 is 40.8 Å². The quantitative estimate of drug-likeness (QED) is 0.290. The number of hydrogen-bond donors (Lipinski definition) is 3. The van der Waals surface area contributed by atoms with Crippen molar-refractivity contribution in [1.29, 1.82) is 0 Å². The first-order chi connectivity index (χ1) is 17.4. The monoisotopic (exact) mass is 516 g/mol. The fraction of sp³-hybridized carbons (Fsp3) is 0.862. The number of carbonyl (C=O) groups excluding carboxylic acids is 2. The largest absolute Gasteiger partial charge is 0.462 e. The topological polar surface area (TPSA) is 113 Å². The van der Waals surface area contributed by atoms with Crippen LogP contribution in [0.15, 0.2) is 12.2 Å². The zero-order valence-electron chi connectivity index (χ0n) is 22.6. The third-order valence-electron chi connectivity index (χ3n) is 13.1. The van der Waals surface area contributed by atoms with E-state index >= 15 is 0 Å². The Hall–Kier alpha value is -1.48. The van der Waals surface area contributed by atoms with Crippen molar-refractivity contribution in [1.82, 2.24) is 0 Å². The van der Waals surface area contributed by atoms with Gasteiger partial charge in [0, 0.05) is 35.0 Å². The van der Waals surface area contributed by atoms with E-state index in [0.717, 1.165) is 5.57 Å². The smallest absolute Gasteiger partial charge is 0.308 e. The molecule has 3 heterocycles. The number of ether oxygens (including phenoxy) is 2. The van der Waals surface area contributed by atoms with Gasteiger partial charge in [0.25, 0.3) is 0 Å². The number of hydrogen-bond acceptors (Lipinski definition) is 7. The molecule has 9 fully saturated rings. The van der Waals surface area contributed by atoms with Crippen molar-refractivity contribution >= 4 is 11.9 Å². The highest BCUT2D eigenvalue weighted by Gasteiger charge is 2.99. The second kappa shape index (κ2) is 6.98. The Morgan fingerprint density at radius 3 is 2.49 bits per heavy atom. The predicted octanol–water partition coefficient (Wildman–Crippen LogP) is 1.76. The van der Waals surface area contributed by atoms with E-state index in [9.17, 15) is 24.9 Å². The van der Waals surface area contributed by atoms with Crippen molar-refractivity contribution in [3.63, 3.8) is 0 Å². The molecule has 37 heavy (non-hydrogen) atoms. The van der Waals surface area contributed by atoms with Gasteiger partial charge >= 0.3 is 11.9 Å². The average molecular weight is 517 g/mol. The van der Waals surface area contributed by atoms with E-state index in [1.165, 1.54) is 0 Å². The Balaban J connectivity index is 1.43. The summed E-state index contributed by atoms with van der Waals surface area (Å²) in [5.74, 6) is -1.58. The lowest BCUT2D eigenvalue weighted by Gasteiger charge is -2.66. The number of carbonyl (C=O) groups is 2. The first kappa shape index (κ1) is 24.6. The molecule has 6 saturated carbocycles. The molecule has 3 aliphatic heterocycles. The van der Waals surface area contributed by atoms with Gasteiger partial charge in [-0.05, 0) is 25.7 Å². The summed E-state index contributed by atoms with van der Waals surface area (Å²) < 4.78 is 12.6. The van der Waals surface area contributed by atoms with Crippen molar-refractivity contribution in [2.75, 3.05) is 7.05 Å². The molecule has 8 nitrogen and oxygen atoms in total. The Kier molecular flexibility index (Phi) is 4.63. The molecule has 0 aromatic carbocycles. The summed E-state index contributed by atoms with van der Waals surface area (Å²) in [6.07, 6.45) is -0.476. The third kappa shape index (κ3) is 2.24. The van der Waals surface area contributed by atoms with Crippen LogP contribution in [0.4, 0.5) is 0 Å². The summed E-state index contributed by atoms with van der Waals surface area (Å²) >= 11 is 0. The van der Waals surface area contributed by atoms with Crippen molar-refractivity contribution in [2.45, 2.75) is 103 Å². The lowest BCUT2D eigenvalue weighted by molar-refractivity contribution is -0.996. The van der Waals surface area contributed by atoms with Crippen LogP contribution in [0.25, 0.3) is 0 Å². The summed E-state index contributed by atoms with van der Waals surface area (Å²) in [5.41, 5.74) is -0.760. The highest BCUT2D eigenvalue weighted by atomic mass is 16.6. The molecule has 3 saturated heterocycles. The van der Waals surface area contributed by atoms with Gasteiger partial charge in [-0.2, -0.15) is 0 Å². The second-order valence-electron chi connectivity index (χ2n) is 14.1. The molecule has 7 unspecified atom stereocenters. The number of esters is 2. The number of aliphatic hydroxyl groups excluding tert-OH is 3. The zero-order chi connectivity index (χ0) is 26.6. The summed E-state index contributed by atoms with van der Waals surface area (Å²) in [5, 5.41) is 36.5. The maximum atomic E-state index is 13.2. The van der Waals surface area contributed by atoms with Gasteiger partial charge in [-0.25, -0.2) is 0 Å². The first-order valence-electron chi connectivity index (χ1n) is 14.3. The fourth-order valence-electron chi connectivity index (χ4n) is 12.4. The number of piperidine rings is 2. The predicted molar refractivity (Wildman–Crippen MR) is 131 cm³/mol. The number of quaternary nitrogens is 1. The molecule has 204 valence electrons. The van der Waals surface area contributed by atoms with Crippen LogP contribution in [-0.2, 0) is 19.1 Å². The molecule has 0 aromatic rings. The molecular weight excluding hydrogens is 474 g/mol. The van der Waals surface area contributed by atoms with E-state index in [-0.39, 0.29) is 59.7 Å². The van der Waals surface area contributed by atoms with Crippen molar-refractivity contribution < 1.29 is 38.9 Å². The van der Waals surface area contributed by atoms with E-state index in [2.05, 4.69) is 20.6 Å². The molecule has 9 aliphatic rings. The first-order valence-corrected chi connectivity index (χ1v) is 14.3. The van der Waals surface area contributed by atoms with Crippen LogP contribution in [-0.4, -0.2) is 81.5 Å². The van der Waals surface area contributed by atoms with Crippen molar-refractivity contribution in [3.05, 3.63) is 12.2 Å². The van der Waals surface area contributed by atoms with Gasteiger partial charge in [-0.3, -0.25) is 14.1 Å². The van der Waals surface area contributed by atoms with Gasteiger partial charge in [0.15, 0.2) is 6.23 Å². The summed E-state index contributed by atoms with van der Waals surface area (Å²) in [4.78, 5) is 25.6. The molecule has 0 aromatic heterocycles. The third-order valence-corrected chi connectivity index (χ3v) is 13.1. The number of aliphatic hydroxyl groups is 3. The maximum absolute atomic E-state index is 13.2. The minimum Gasteiger partial charge on any atom is -0.462 e. The molecular formula is C29H42NO7+. The number of fused-ring (bicyclic) bond motifs is 1. The summed E-state index contributed by atoms with van der Waals surface area (Å²) in [7, 11) is 2.08. The van der Waals surface area contributed by atoms with E-state index in [1.807, 2.05) is 13.8 Å². The maximum Gasteiger partial charge on any atom is 0.308 e. The van der Waals surface area contributed by atoms with E-state index in [1.54, 1.807) is 6.92 Å². The van der Waals surface area contributed by atoms with Crippen LogP contribution in [0.5, 0.6) is 0 Å². The average Bonchev–Trinajstić information content (AvgIpc) is 3.23. The molecule has 6 aliphatic carbocycles. The molecule has 3 N–H and O–H groups in total. The minimum absolute atomic E-state index is 0.00890. The van der Waals surface area contributed by atoms with Gasteiger partial charge in [0.1, 0.15) is 30.4 Å². The number of nitrogens with zero attached hydrogens (tertiary/aromatic N) is 1. The highest BCUT2D eigenvalue weighted by molar-refractivity contribution is 5.72. The van der Waals surface area contributed by atoms with Gasteiger partial charge in [0.2, 0.25) is 0 Å². The Labute approximate surface area is 218 Å². The second-order valence-corrected chi connectivity index (χ2v) is 14.1. The van der Waals surface area contributed by atoms with E-state index in [4.69, 9.17) is 9.47 Å². The van der Waals surface area contributed by atoms with Crippen LogP contribution >= 0.6 is 0 Å². The molecule has 0 radical (unpaired) electrons. The standard InChI is InChI=1S/C29H42NO7/c1-7-12(3)25(34)37-20-16-13(4)9-28-17(20)23-29(22(28)19(16)32)11-14(36-15(31)8-2)10-27(5)21(29)18(24(28)33)30(23,6)26(27)35/h12,14,16-24,26,32-33,35H,4,7-11H2,1-3,5-6H3/q+1/t12-,14+,16?,17?,18?,19-,20-,21-,22-,23?,24+,26-,27-,28?,29?,30?/m1/s1. The lowest BCUT2D eigenvalue weighted by Crippen LogP contribution is -2.77. The fourth-order valence-corrected chi connectivity index (χ4v) is 12.4. The van der Waals surface area contributed by atoms with Crippen molar-refractivity contribution in [3.8, 4) is 0 Å². The SMILES string of the molecule is C=C1CC23C4C5C6(C[C@@H](OC(=O)CC)C[C@@]7(C)[C@@H](O)[N+]5(C)C([C@@H]2O)[C@@H]67)[C@@H]3[C@H](O)C1[C@H]4OC(=O)[C@H](C)CC. The van der Waals surface area contributed by atoms with E-state index in [0.29, 0.717) is 36.6 Å². The molecule has 16 atom stereocenters. The zero-order valence-corrected chi connectivity index (χ0v) is 22.6. The molecule has 9 bridgehead atoms. The van der Waals surface area contributed by atoms with Crippen LogP contribution < -0.4 is 0 Å². The van der Waals surface area contributed by atoms with Crippen LogP contribution in [0.3, 0.4) is 0 Å². The highest BCUT2D eigenvalue weighted by Crippen LogP contribution is 2.89.